The van der Waals surface area contributed by atoms with E-state index in [2.05, 4.69) is 10.7 Å². The number of carbonyl (C=O) groups excluding carboxylic acids is 2. The lowest BCUT2D eigenvalue weighted by Crippen LogP contribution is -2.47. The standard InChI is InChI=1S/C19H18ClN3O3/c1-12-10-16(17(26-2)11-14(12)20)21-19(25)15-8-9-18(24)23(22-15)13-6-4-3-5-7-13/h3-8,10-11,22H,9H2,1-2H3,(H,21,25). The summed E-state index contributed by atoms with van der Waals surface area (Å²) in [6, 6.07) is 12.5. The molecule has 2 amide bonds. The minimum Gasteiger partial charge on any atom is -0.495 e. The van der Waals surface area contributed by atoms with E-state index in [0.29, 0.717) is 22.1 Å². The Kier molecular flexibility index (Phi) is 5.14. The largest absolute Gasteiger partial charge is 0.495 e. The summed E-state index contributed by atoms with van der Waals surface area (Å²) in [5.74, 6) is -0.0625. The smallest absolute Gasteiger partial charge is 0.273 e. The Morgan fingerprint density at radius 3 is 2.69 bits per heavy atom. The molecule has 0 unspecified atom stereocenters. The Morgan fingerprint density at radius 2 is 2.00 bits per heavy atom. The molecule has 0 atom stereocenters. The predicted octanol–water partition coefficient (Wildman–Crippen LogP) is 3.42. The van der Waals surface area contributed by atoms with Crippen LogP contribution >= 0.6 is 11.6 Å². The van der Waals surface area contributed by atoms with E-state index in [9.17, 15) is 9.59 Å². The number of aryl methyl sites for hydroxylation is 1. The van der Waals surface area contributed by atoms with Gasteiger partial charge in [0.1, 0.15) is 11.4 Å². The van der Waals surface area contributed by atoms with Crippen molar-refractivity contribution in [2.45, 2.75) is 13.3 Å². The number of rotatable bonds is 4. The number of nitrogens with one attached hydrogen (secondary N) is 2. The molecule has 2 aromatic carbocycles. The van der Waals surface area contributed by atoms with E-state index >= 15 is 0 Å². The van der Waals surface area contributed by atoms with E-state index in [4.69, 9.17) is 16.3 Å². The number of anilines is 2. The minimum absolute atomic E-state index is 0.126. The molecule has 0 saturated heterocycles. The number of nitrogens with zero attached hydrogens (tertiary/aromatic N) is 1. The Hall–Kier alpha value is -2.99. The summed E-state index contributed by atoms with van der Waals surface area (Å²) < 4.78 is 5.27. The van der Waals surface area contributed by atoms with Crippen LogP contribution in [0.15, 0.2) is 54.2 Å². The molecule has 6 nitrogen and oxygen atoms in total. The Morgan fingerprint density at radius 1 is 1.27 bits per heavy atom. The molecule has 26 heavy (non-hydrogen) atoms. The number of amides is 2. The highest BCUT2D eigenvalue weighted by Crippen LogP contribution is 2.31. The molecule has 0 bridgehead atoms. The Labute approximate surface area is 156 Å². The van der Waals surface area contributed by atoms with Crippen LogP contribution in [0.2, 0.25) is 5.02 Å². The molecular formula is C19H18ClN3O3. The fourth-order valence-electron chi connectivity index (χ4n) is 2.56. The Bertz CT molecular complexity index is 881. The first-order valence-corrected chi connectivity index (χ1v) is 8.37. The maximum absolute atomic E-state index is 12.6. The van der Waals surface area contributed by atoms with Crippen molar-refractivity contribution in [3.8, 4) is 5.75 Å². The summed E-state index contributed by atoms with van der Waals surface area (Å²) in [7, 11) is 1.50. The second kappa shape index (κ2) is 7.49. The number of methoxy groups -OCH3 is 1. The van der Waals surface area contributed by atoms with Crippen LogP contribution in [-0.4, -0.2) is 18.9 Å². The highest BCUT2D eigenvalue weighted by atomic mass is 35.5. The molecule has 3 rings (SSSR count). The summed E-state index contributed by atoms with van der Waals surface area (Å²) in [6.45, 7) is 1.84. The van der Waals surface area contributed by atoms with Crippen LogP contribution in [0, 0.1) is 6.92 Å². The number of halogens is 1. The van der Waals surface area contributed by atoms with Crippen molar-refractivity contribution in [2.24, 2.45) is 0 Å². The maximum Gasteiger partial charge on any atom is 0.273 e. The normalized spacial score (nSPS) is 13.7. The van der Waals surface area contributed by atoms with Gasteiger partial charge in [-0.2, -0.15) is 0 Å². The third-order valence-electron chi connectivity index (χ3n) is 3.95. The number of carbonyl (C=O) groups is 2. The summed E-state index contributed by atoms with van der Waals surface area (Å²) >= 11 is 6.09. The van der Waals surface area contributed by atoms with Gasteiger partial charge in [-0.15, -0.1) is 0 Å². The van der Waals surface area contributed by atoms with Crippen molar-refractivity contribution < 1.29 is 14.3 Å². The SMILES string of the molecule is COc1cc(Cl)c(C)cc1NC(=O)C1=CCC(=O)N(c2ccccc2)N1. The number of ether oxygens (including phenoxy) is 1. The second-order valence-electron chi connectivity index (χ2n) is 5.75. The zero-order valence-electron chi connectivity index (χ0n) is 14.4. The third kappa shape index (κ3) is 3.65. The molecule has 0 fully saturated rings. The first kappa shape index (κ1) is 17.8. The van der Waals surface area contributed by atoms with Gasteiger partial charge in [-0.25, -0.2) is 5.01 Å². The molecule has 0 aliphatic carbocycles. The van der Waals surface area contributed by atoms with Crippen LogP contribution in [0.25, 0.3) is 0 Å². The lowest BCUT2D eigenvalue weighted by Gasteiger charge is -2.28. The fraction of sp³-hybridized carbons (Fsp3) is 0.158. The number of para-hydroxylation sites is 1. The van der Waals surface area contributed by atoms with E-state index in [1.807, 2.05) is 25.1 Å². The number of hydrogen-bond donors (Lipinski definition) is 2. The lowest BCUT2D eigenvalue weighted by atomic mass is 10.2. The molecular weight excluding hydrogens is 354 g/mol. The first-order chi connectivity index (χ1) is 12.5. The average Bonchev–Trinajstić information content (AvgIpc) is 2.65. The van der Waals surface area contributed by atoms with E-state index in [-0.39, 0.29) is 23.9 Å². The fourth-order valence-corrected chi connectivity index (χ4v) is 2.71. The van der Waals surface area contributed by atoms with Crippen LogP contribution in [0.5, 0.6) is 5.75 Å². The quantitative estimate of drug-likeness (QED) is 0.863. The van der Waals surface area contributed by atoms with Crippen LogP contribution in [0.1, 0.15) is 12.0 Å². The molecule has 0 spiro atoms. The van der Waals surface area contributed by atoms with Gasteiger partial charge in [0.05, 0.1) is 18.5 Å². The second-order valence-corrected chi connectivity index (χ2v) is 6.16. The van der Waals surface area contributed by atoms with Crippen molar-refractivity contribution in [3.63, 3.8) is 0 Å². The summed E-state index contributed by atoms with van der Waals surface area (Å²) in [5.41, 5.74) is 5.13. The van der Waals surface area contributed by atoms with Gasteiger partial charge in [-0.1, -0.05) is 29.8 Å². The molecule has 1 aliphatic rings. The van der Waals surface area contributed by atoms with E-state index in [1.165, 1.54) is 12.1 Å². The number of hydrogen-bond acceptors (Lipinski definition) is 4. The topological polar surface area (TPSA) is 70.7 Å². The third-order valence-corrected chi connectivity index (χ3v) is 4.36. The summed E-state index contributed by atoms with van der Waals surface area (Å²) in [5, 5.41) is 4.71. The Balaban J connectivity index is 1.80. The van der Waals surface area contributed by atoms with Gasteiger partial charge in [0.2, 0.25) is 5.91 Å². The van der Waals surface area contributed by atoms with Gasteiger partial charge in [0.25, 0.3) is 5.91 Å². The summed E-state index contributed by atoms with van der Waals surface area (Å²) in [4.78, 5) is 24.8. The van der Waals surface area contributed by atoms with Crippen LogP contribution in [0.4, 0.5) is 11.4 Å². The zero-order valence-corrected chi connectivity index (χ0v) is 15.1. The van der Waals surface area contributed by atoms with Crippen molar-refractivity contribution in [1.82, 2.24) is 5.43 Å². The predicted molar refractivity (Wildman–Crippen MR) is 101 cm³/mol. The van der Waals surface area contributed by atoms with E-state index < -0.39 is 0 Å². The van der Waals surface area contributed by atoms with Crippen molar-refractivity contribution in [3.05, 3.63) is 64.8 Å². The van der Waals surface area contributed by atoms with Crippen molar-refractivity contribution >= 4 is 34.8 Å². The average molecular weight is 372 g/mol. The van der Waals surface area contributed by atoms with Gasteiger partial charge in [-0.3, -0.25) is 15.0 Å². The van der Waals surface area contributed by atoms with Crippen molar-refractivity contribution in [1.29, 1.82) is 0 Å². The van der Waals surface area contributed by atoms with Gasteiger partial charge in [0, 0.05) is 17.5 Å². The van der Waals surface area contributed by atoms with Crippen LogP contribution in [0.3, 0.4) is 0 Å². The van der Waals surface area contributed by atoms with Crippen LogP contribution < -0.4 is 20.5 Å². The highest BCUT2D eigenvalue weighted by Gasteiger charge is 2.24. The summed E-state index contributed by atoms with van der Waals surface area (Å²) in [6.07, 6.45) is 1.69. The van der Waals surface area contributed by atoms with Gasteiger partial charge < -0.3 is 10.1 Å². The monoisotopic (exact) mass is 371 g/mol. The minimum atomic E-state index is -0.376. The van der Waals surface area contributed by atoms with E-state index in [0.717, 1.165) is 5.56 Å². The maximum atomic E-state index is 12.6. The van der Waals surface area contributed by atoms with Crippen molar-refractivity contribution in [2.75, 3.05) is 17.4 Å². The number of hydrazine groups is 1. The highest BCUT2D eigenvalue weighted by molar-refractivity contribution is 6.31. The first-order valence-electron chi connectivity index (χ1n) is 8.00. The van der Waals surface area contributed by atoms with Gasteiger partial charge in [0.15, 0.2) is 0 Å². The zero-order chi connectivity index (χ0) is 18.7. The number of benzene rings is 2. The molecule has 0 saturated carbocycles. The molecule has 134 valence electrons. The van der Waals surface area contributed by atoms with Gasteiger partial charge >= 0.3 is 0 Å². The molecule has 0 radical (unpaired) electrons. The molecule has 2 aromatic rings. The molecule has 2 N–H and O–H groups in total. The molecule has 7 heteroatoms. The molecule has 1 aliphatic heterocycles. The van der Waals surface area contributed by atoms with Gasteiger partial charge in [-0.05, 0) is 36.8 Å². The lowest BCUT2D eigenvalue weighted by molar-refractivity contribution is -0.119. The van der Waals surface area contributed by atoms with E-state index in [1.54, 1.807) is 30.3 Å². The molecule has 0 aromatic heterocycles. The van der Waals surface area contributed by atoms with Crippen LogP contribution in [-0.2, 0) is 9.59 Å². The molecule has 1 heterocycles.